The van der Waals surface area contributed by atoms with E-state index in [0.29, 0.717) is 18.7 Å². The maximum atomic E-state index is 12.5. The molecule has 0 aromatic heterocycles. The SMILES string of the molecule is Cc1cc(CC(N)CNC(=O)[C@@H]2C[C@]2(C)c2ccccc2)ccc1O. The van der Waals surface area contributed by atoms with Gasteiger partial charge >= 0.3 is 0 Å². The highest BCUT2D eigenvalue weighted by molar-refractivity contribution is 5.84. The summed E-state index contributed by atoms with van der Waals surface area (Å²) in [5.74, 6) is 0.404. The number of hydrogen-bond donors (Lipinski definition) is 3. The minimum absolute atomic E-state index is 0.0259. The highest BCUT2D eigenvalue weighted by atomic mass is 16.3. The van der Waals surface area contributed by atoms with E-state index in [-0.39, 0.29) is 23.3 Å². The molecule has 1 saturated carbocycles. The van der Waals surface area contributed by atoms with Gasteiger partial charge in [-0.1, -0.05) is 49.4 Å². The van der Waals surface area contributed by atoms with Gasteiger partial charge in [-0.25, -0.2) is 0 Å². The van der Waals surface area contributed by atoms with Gasteiger partial charge in [0.15, 0.2) is 0 Å². The average Bonchev–Trinajstić information content (AvgIpc) is 3.30. The van der Waals surface area contributed by atoms with Crippen molar-refractivity contribution in [3.8, 4) is 5.75 Å². The van der Waals surface area contributed by atoms with Crippen LogP contribution >= 0.6 is 0 Å². The summed E-state index contributed by atoms with van der Waals surface area (Å²) >= 11 is 0. The minimum Gasteiger partial charge on any atom is -0.508 e. The van der Waals surface area contributed by atoms with Crippen LogP contribution in [0.4, 0.5) is 0 Å². The van der Waals surface area contributed by atoms with Crippen molar-refractivity contribution in [2.75, 3.05) is 6.54 Å². The number of nitrogens with two attached hydrogens (primary N) is 1. The highest BCUT2D eigenvalue weighted by Crippen LogP contribution is 2.53. The summed E-state index contributed by atoms with van der Waals surface area (Å²) in [5, 5.41) is 12.6. The molecule has 3 rings (SSSR count). The number of amides is 1. The van der Waals surface area contributed by atoms with Crippen molar-refractivity contribution in [1.29, 1.82) is 0 Å². The summed E-state index contributed by atoms with van der Waals surface area (Å²) in [6, 6.07) is 15.6. The van der Waals surface area contributed by atoms with E-state index in [4.69, 9.17) is 5.73 Å². The Hall–Kier alpha value is -2.33. The fourth-order valence-electron chi connectivity index (χ4n) is 3.46. The average molecular weight is 338 g/mol. The van der Waals surface area contributed by atoms with Crippen molar-refractivity contribution in [2.24, 2.45) is 11.7 Å². The van der Waals surface area contributed by atoms with Gasteiger partial charge in [0.05, 0.1) is 0 Å². The van der Waals surface area contributed by atoms with Gasteiger partial charge in [-0.2, -0.15) is 0 Å². The summed E-state index contributed by atoms with van der Waals surface area (Å²) in [6.07, 6.45) is 1.55. The van der Waals surface area contributed by atoms with Gasteiger partial charge < -0.3 is 16.2 Å². The first-order valence-corrected chi connectivity index (χ1v) is 8.77. The van der Waals surface area contributed by atoms with Gasteiger partial charge in [-0.15, -0.1) is 0 Å². The smallest absolute Gasteiger partial charge is 0.224 e. The number of phenolic OH excluding ortho intramolecular Hbond substituents is 1. The molecule has 2 aromatic rings. The van der Waals surface area contributed by atoms with Crippen LogP contribution in [0.25, 0.3) is 0 Å². The van der Waals surface area contributed by atoms with Crippen molar-refractivity contribution < 1.29 is 9.90 Å². The van der Waals surface area contributed by atoms with E-state index < -0.39 is 0 Å². The third-order valence-electron chi connectivity index (χ3n) is 5.28. The van der Waals surface area contributed by atoms with E-state index in [2.05, 4.69) is 24.4 Å². The largest absolute Gasteiger partial charge is 0.508 e. The molecule has 4 heteroatoms. The molecule has 1 aliphatic rings. The number of aromatic hydroxyl groups is 1. The lowest BCUT2D eigenvalue weighted by atomic mass is 9.95. The second-order valence-electron chi connectivity index (χ2n) is 7.37. The Morgan fingerprint density at radius 1 is 1.32 bits per heavy atom. The molecule has 1 unspecified atom stereocenters. The molecule has 1 fully saturated rings. The third kappa shape index (κ3) is 3.85. The fraction of sp³-hybridized carbons (Fsp3) is 0.381. The number of hydrogen-bond acceptors (Lipinski definition) is 3. The van der Waals surface area contributed by atoms with Crippen LogP contribution in [0.5, 0.6) is 5.75 Å². The molecule has 0 spiro atoms. The molecule has 0 aliphatic heterocycles. The molecular weight excluding hydrogens is 312 g/mol. The fourth-order valence-corrected chi connectivity index (χ4v) is 3.46. The van der Waals surface area contributed by atoms with Crippen LogP contribution in [0.1, 0.15) is 30.0 Å². The number of carbonyl (C=O) groups excluding carboxylic acids is 1. The maximum Gasteiger partial charge on any atom is 0.224 e. The maximum absolute atomic E-state index is 12.5. The third-order valence-corrected chi connectivity index (χ3v) is 5.28. The second-order valence-corrected chi connectivity index (χ2v) is 7.37. The van der Waals surface area contributed by atoms with E-state index in [9.17, 15) is 9.90 Å². The lowest BCUT2D eigenvalue weighted by Gasteiger charge is -2.15. The van der Waals surface area contributed by atoms with E-state index in [1.165, 1.54) is 5.56 Å². The van der Waals surface area contributed by atoms with Gasteiger partial charge in [0, 0.05) is 23.9 Å². The van der Waals surface area contributed by atoms with Gasteiger partial charge in [-0.3, -0.25) is 4.79 Å². The molecule has 2 aromatic carbocycles. The summed E-state index contributed by atoms with van der Waals surface area (Å²) < 4.78 is 0. The van der Waals surface area contributed by atoms with Gasteiger partial charge in [-0.05, 0) is 42.5 Å². The Balaban J connectivity index is 1.50. The zero-order chi connectivity index (χ0) is 18.0. The van der Waals surface area contributed by atoms with Crippen LogP contribution in [-0.4, -0.2) is 23.6 Å². The van der Waals surface area contributed by atoms with Crippen LogP contribution in [-0.2, 0) is 16.6 Å². The molecule has 1 amide bonds. The molecular formula is C21H26N2O2. The van der Waals surface area contributed by atoms with E-state index in [0.717, 1.165) is 17.5 Å². The second kappa shape index (κ2) is 6.89. The lowest BCUT2D eigenvalue weighted by Crippen LogP contribution is -2.40. The standard InChI is InChI=1S/C21H26N2O2/c1-14-10-15(8-9-19(14)24)11-17(22)13-23-20(25)18-12-21(18,2)16-6-4-3-5-7-16/h3-10,17-18,24H,11-13,22H2,1-2H3,(H,23,25)/t17?,18-,21+/m0/s1. The van der Waals surface area contributed by atoms with Crippen molar-refractivity contribution in [3.05, 3.63) is 65.2 Å². The summed E-state index contributed by atoms with van der Waals surface area (Å²) in [7, 11) is 0. The zero-order valence-electron chi connectivity index (χ0n) is 14.8. The van der Waals surface area contributed by atoms with Crippen LogP contribution in [0.15, 0.2) is 48.5 Å². The number of carbonyl (C=O) groups is 1. The molecule has 0 radical (unpaired) electrons. The quantitative estimate of drug-likeness (QED) is 0.758. The predicted molar refractivity (Wildman–Crippen MR) is 99.4 cm³/mol. The summed E-state index contributed by atoms with van der Waals surface area (Å²) in [5.41, 5.74) is 9.24. The summed E-state index contributed by atoms with van der Waals surface area (Å²) in [4.78, 5) is 12.5. The number of rotatable bonds is 6. The van der Waals surface area contributed by atoms with Crippen molar-refractivity contribution in [1.82, 2.24) is 5.32 Å². The molecule has 4 N–H and O–H groups in total. The molecule has 0 bridgehead atoms. The Labute approximate surface area is 149 Å². The lowest BCUT2D eigenvalue weighted by molar-refractivity contribution is -0.122. The summed E-state index contributed by atoms with van der Waals surface area (Å²) in [6.45, 7) is 4.47. The van der Waals surface area contributed by atoms with Crippen molar-refractivity contribution in [3.63, 3.8) is 0 Å². The Kier molecular flexibility index (Phi) is 4.82. The Morgan fingerprint density at radius 3 is 2.72 bits per heavy atom. The Bertz CT molecular complexity index is 760. The highest BCUT2D eigenvalue weighted by Gasteiger charge is 2.55. The molecule has 1 aliphatic carbocycles. The number of aryl methyl sites for hydroxylation is 1. The predicted octanol–water partition coefficient (Wildman–Crippen LogP) is 2.66. The zero-order valence-corrected chi connectivity index (χ0v) is 14.8. The van der Waals surface area contributed by atoms with Crippen molar-refractivity contribution >= 4 is 5.91 Å². The molecule has 4 nitrogen and oxygen atoms in total. The monoisotopic (exact) mass is 338 g/mol. The van der Waals surface area contributed by atoms with Crippen LogP contribution in [0.3, 0.4) is 0 Å². The molecule has 0 heterocycles. The first kappa shape index (κ1) is 17.5. The number of benzene rings is 2. The molecule has 3 atom stereocenters. The Morgan fingerprint density at radius 2 is 2.04 bits per heavy atom. The normalized spacial score (nSPS) is 23.1. The molecule has 132 valence electrons. The first-order valence-electron chi connectivity index (χ1n) is 8.77. The van der Waals surface area contributed by atoms with E-state index in [1.807, 2.05) is 37.3 Å². The van der Waals surface area contributed by atoms with Crippen LogP contribution < -0.4 is 11.1 Å². The van der Waals surface area contributed by atoms with Gasteiger partial charge in [0.25, 0.3) is 0 Å². The molecule has 0 saturated heterocycles. The van der Waals surface area contributed by atoms with E-state index in [1.54, 1.807) is 6.07 Å². The van der Waals surface area contributed by atoms with Gasteiger partial charge in [0.2, 0.25) is 5.91 Å². The minimum atomic E-state index is -0.144. The molecule has 25 heavy (non-hydrogen) atoms. The first-order chi connectivity index (χ1) is 11.9. The topological polar surface area (TPSA) is 75.3 Å². The number of nitrogens with one attached hydrogen (secondary N) is 1. The van der Waals surface area contributed by atoms with Crippen molar-refractivity contribution in [2.45, 2.75) is 38.1 Å². The van der Waals surface area contributed by atoms with E-state index >= 15 is 0 Å². The number of phenols is 1. The van der Waals surface area contributed by atoms with Crippen LogP contribution in [0.2, 0.25) is 0 Å². The van der Waals surface area contributed by atoms with Gasteiger partial charge in [0.1, 0.15) is 5.75 Å². The van der Waals surface area contributed by atoms with Crippen LogP contribution in [0, 0.1) is 12.8 Å².